The first-order valence-corrected chi connectivity index (χ1v) is 10.1. The van der Waals surface area contributed by atoms with E-state index in [4.69, 9.17) is 0 Å². The number of sulfone groups is 1. The van der Waals surface area contributed by atoms with Gasteiger partial charge >= 0.3 is 11.3 Å². The van der Waals surface area contributed by atoms with Crippen LogP contribution in [0.1, 0.15) is 25.0 Å². The minimum atomic E-state index is -5.06. The Hall–Kier alpha value is -2.63. The van der Waals surface area contributed by atoms with Crippen LogP contribution in [0.2, 0.25) is 0 Å². The van der Waals surface area contributed by atoms with Crippen molar-refractivity contribution in [2.75, 3.05) is 11.9 Å². The maximum Gasteiger partial charge on any atom is 0.371 e. The second-order valence-electron chi connectivity index (χ2n) is 6.58. The molecule has 1 aliphatic heterocycles. The molecule has 12 heteroatoms. The number of amides is 2. The predicted molar refractivity (Wildman–Crippen MR) is 95.5 cm³/mol. The molecule has 0 aliphatic carbocycles. The summed E-state index contributed by atoms with van der Waals surface area (Å²) in [6.07, 6.45) is 3.36. The Morgan fingerprint density at radius 3 is 2.68 bits per heavy atom. The molecule has 0 spiro atoms. The van der Waals surface area contributed by atoms with Crippen LogP contribution in [-0.4, -0.2) is 57.2 Å². The average molecular weight is 414 g/mol. The molecule has 1 unspecified atom stereocenters. The van der Waals surface area contributed by atoms with Gasteiger partial charge in [-0.25, -0.2) is 13.2 Å². The lowest BCUT2D eigenvalue weighted by atomic mass is 10.0. The Morgan fingerprint density at radius 2 is 2.07 bits per heavy atom. The van der Waals surface area contributed by atoms with E-state index in [0.717, 1.165) is 15.6 Å². The zero-order chi connectivity index (χ0) is 20.5. The third kappa shape index (κ3) is 3.55. The minimum absolute atomic E-state index is 0.0184. The largest absolute Gasteiger partial charge is 0.371 e. The highest BCUT2D eigenvalue weighted by molar-refractivity contribution is 7.92. The van der Waals surface area contributed by atoms with Crippen molar-refractivity contribution in [3.05, 3.63) is 30.2 Å². The van der Waals surface area contributed by atoms with Crippen LogP contribution in [0.15, 0.2) is 29.6 Å². The van der Waals surface area contributed by atoms with Gasteiger partial charge in [0, 0.05) is 13.6 Å². The summed E-state index contributed by atoms with van der Waals surface area (Å²) >= 11 is 0. The monoisotopic (exact) mass is 414 g/mol. The number of hydrogen-bond donors (Lipinski definition) is 1. The van der Waals surface area contributed by atoms with Gasteiger partial charge in [0.05, 0.1) is 23.8 Å². The molecule has 3 heterocycles. The molecule has 0 bridgehead atoms. The van der Waals surface area contributed by atoms with E-state index in [9.17, 15) is 13.2 Å². The number of nitrogens with one attached hydrogen (secondary N) is 1. The van der Waals surface area contributed by atoms with E-state index in [-0.39, 0.29) is 18.7 Å². The second-order valence-corrected chi connectivity index (χ2v) is 8.55. The van der Waals surface area contributed by atoms with Gasteiger partial charge in [-0.15, -0.1) is 0 Å². The fourth-order valence-electron chi connectivity index (χ4n) is 3.24. The highest BCUT2D eigenvalue weighted by Gasteiger charge is 2.57. The molecule has 2 aromatic heterocycles. The van der Waals surface area contributed by atoms with Gasteiger partial charge in [-0.3, -0.25) is 4.68 Å². The van der Waals surface area contributed by atoms with Gasteiger partial charge in [0.25, 0.3) is 9.84 Å². The van der Waals surface area contributed by atoms with Gasteiger partial charge in [-0.1, -0.05) is 0 Å². The Bertz CT molecular complexity index is 964. The molecule has 1 fully saturated rings. The zero-order valence-electron chi connectivity index (χ0n) is 15.3. The topological polar surface area (TPSA) is 110 Å². The standard InChI is InChI=1S/C16H20F2N6O3S/c1-11-9-14(23(2)22-11)28(26,27)16(17,18)13-5-3-4-8-24(13)15(25)21-12-6-7-19-20-10-12/h6-7,9-10,13H,3-5,8H2,1-2H3,(H,19,21,25). The molecule has 0 aromatic carbocycles. The van der Waals surface area contributed by atoms with Gasteiger partial charge in [0.2, 0.25) is 0 Å². The number of urea groups is 1. The number of halogens is 2. The lowest BCUT2D eigenvalue weighted by Crippen LogP contribution is -2.57. The smallest absolute Gasteiger partial charge is 0.314 e. The van der Waals surface area contributed by atoms with E-state index >= 15 is 8.78 Å². The Kier molecular flexibility index (Phi) is 5.33. The van der Waals surface area contributed by atoms with E-state index in [1.54, 1.807) is 0 Å². The van der Waals surface area contributed by atoms with Crippen molar-refractivity contribution >= 4 is 21.6 Å². The van der Waals surface area contributed by atoms with Crippen LogP contribution in [-0.2, 0) is 16.9 Å². The van der Waals surface area contributed by atoms with Gasteiger partial charge in [-0.05, 0) is 38.3 Å². The van der Waals surface area contributed by atoms with E-state index in [0.29, 0.717) is 18.5 Å². The molecule has 1 saturated heterocycles. The number of piperidine rings is 1. The van der Waals surface area contributed by atoms with Crippen molar-refractivity contribution in [3.8, 4) is 0 Å². The molecular weight excluding hydrogens is 394 g/mol. The summed E-state index contributed by atoms with van der Waals surface area (Å²) in [6.45, 7) is 1.53. The van der Waals surface area contributed by atoms with E-state index in [1.165, 1.54) is 32.4 Å². The zero-order valence-corrected chi connectivity index (χ0v) is 16.2. The molecule has 2 amide bonds. The summed E-state index contributed by atoms with van der Waals surface area (Å²) in [7, 11) is -3.77. The fraction of sp³-hybridized carbons (Fsp3) is 0.500. The van der Waals surface area contributed by atoms with Crippen LogP contribution >= 0.6 is 0 Å². The molecule has 1 N–H and O–H groups in total. The van der Waals surface area contributed by atoms with Crippen molar-refractivity contribution in [3.63, 3.8) is 0 Å². The Balaban J connectivity index is 1.91. The molecule has 0 radical (unpaired) electrons. The van der Waals surface area contributed by atoms with E-state index in [2.05, 4.69) is 20.6 Å². The fourth-order valence-corrected chi connectivity index (χ4v) is 4.84. The molecular formula is C16H20F2N6O3S. The summed E-state index contributed by atoms with van der Waals surface area (Å²) in [6, 6.07) is -0.0546. The number of hydrogen-bond acceptors (Lipinski definition) is 6. The van der Waals surface area contributed by atoms with Crippen molar-refractivity contribution in [2.45, 2.75) is 42.5 Å². The molecule has 1 aliphatic rings. The Morgan fingerprint density at radius 1 is 1.32 bits per heavy atom. The normalized spacial score (nSPS) is 18.1. The predicted octanol–water partition coefficient (Wildman–Crippen LogP) is 1.97. The second kappa shape index (κ2) is 7.41. The van der Waals surface area contributed by atoms with Crippen molar-refractivity contribution < 1.29 is 22.0 Å². The number of anilines is 1. The van der Waals surface area contributed by atoms with Gasteiger partial charge in [0.15, 0.2) is 5.03 Å². The van der Waals surface area contributed by atoms with Crippen molar-refractivity contribution in [1.82, 2.24) is 24.9 Å². The summed E-state index contributed by atoms with van der Waals surface area (Å²) in [5.41, 5.74) is 0.582. The third-order valence-corrected chi connectivity index (χ3v) is 6.50. The number of alkyl halides is 2. The molecule has 2 aromatic rings. The summed E-state index contributed by atoms with van der Waals surface area (Å²) in [4.78, 5) is 13.5. The van der Waals surface area contributed by atoms with Crippen molar-refractivity contribution in [2.24, 2.45) is 7.05 Å². The SMILES string of the molecule is Cc1cc(S(=O)(=O)C(F)(F)C2CCCCN2C(=O)Nc2ccnnc2)n(C)n1. The van der Waals surface area contributed by atoms with Crippen molar-refractivity contribution in [1.29, 1.82) is 0 Å². The maximum atomic E-state index is 15.2. The van der Waals surface area contributed by atoms with E-state index < -0.39 is 32.2 Å². The molecule has 3 rings (SSSR count). The lowest BCUT2D eigenvalue weighted by Gasteiger charge is -2.39. The van der Waals surface area contributed by atoms with Gasteiger partial charge in [0.1, 0.15) is 6.04 Å². The highest BCUT2D eigenvalue weighted by Crippen LogP contribution is 2.39. The molecule has 1 atom stereocenters. The number of nitrogens with zero attached hydrogens (tertiary/aromatic N) is 5. The van der Waals surface area contributed by atoms with Crippen LogP contribution < -0.4 is 5.32 Å². The first kappa shape index (κ1) is 20.1. The minimum Gasteiger partial charge on any atom is -0.314 e. The summed E-state index contributed by atoms with van der Waals surface area (Å²) in [5, 5.41) is 8.72. The summed E-state index contributed by atoms with van der Waals surface area (Å²) < 4.78 is 56.8. The number of aromatic nitrogens is 4. The molecule has 28 heavy (non-hydrogen) atoms. The first-order chi connectivity index (χ1) is 13.1. The average Bonchev–Trinajstić information content (AvgIpc) is 3.01. The number of rotatable bonds is 4. The van der Waals surface area contributed by atoms with Gasteiger partial charge in [-0.2, -0.15) is 24.1 Å². The quantitative estimate of drug-likeness (QED) is 0.819. The number of carbonyl (C=O) groups is 1. The summed E-state index contributed by atoms with van der Waals surface area (Å²) in [5.74, 6) is 0. The van der Waals surface area contributed by atoms with E-state index in [1.807, 2.05) is 0 Å². The van der Waals surface area contributed by atoms with Crippen LogP contribution in [0.3, 0.4) is 0 Å². The molecule has 9 nitrogen and oxygen atoms in total. The Labute approximate surface area is 160 Å². The van der Waals surface area contributed by atoms with Crippen LogP contribution in [0.25, 0.3) is 0 Å². The van der Waals surface area contributed by atoms with Gasteiger partial charge < -0.3 is 10.2 Å². The number of carbonyl (C=O) groups excluding carboxylic acids is 1. The van der Waals surface area contributed by atoms with Crippen LogP contribution in [0.5, 0.6) is 0 Å². The molecule has 0 saturated carbocycles. The van der Waals surface area contributed by atoms with Crippen LogP contribution in [0.4, 0.5) is 19.3 Å². The number of aryl methyl sites for hydroxylation is 2. The lowest BCUT2D eigenvalue weighted by molar-refractivity contribution is -0.0112. The van der Waals surface area contributed by atoms with Crippen LogP contribution in [0, 0.1) is 6.92 Å². The number of likely N-dealkylation sites (tertiary alicyclic amines) is 1. The maximum absolute atomic E-state index is 15.2. The first-order valence-electron chi connectivity index (χ1n) is 8.62. The highest BCUT2D eigenvalue weighted by atomic mass is 32.2. The third-order valence-electron chi connectivity index (χ3n) is 4.58. The molecule has 152 valence electrons.